The van der Waals surface area contributed by atoms with Gasteiger partial charge in [0.25, 0.3) is 0 Å². The van der Waals surface area contributed by atoms with Gasteiger partial charge in [0.05, 0.1) is 18.4 Å². The minimum absolute atomic E-state index is 0.251. The second kappa shape index (κ2) is 10.7. The van der Waals surface area contributed by atoms with Crippen LogP contribution in [0.3, 0.4) is 0 Å². The van der Waals surface area contributed by atoms with Crippen molar-refractivity contribution >= 4 is 5.71 Å². The first-order valence-electron chi connectivity index (χ1n) is 9.81. The van der Waals surface area contributed by atoms with Crippen molar-refractivity contribution in [1.82, 2.24) is 0 Å². The van der Waals surface area contributed by atoms with Crippen molar-refractivity contribution in [3.05, 3.63) is 114 Å². The molecule has 0 saturated heterocycles. The van der Waals surface area contributed by atoms with E-state index in [2.05, 4.69) is 12.6 Å². The Hall–Kier alpha value is -3.71. The second-order valence-corrected chi connectivity index (χ2v) is 6.74. The predicted molar refractivity (Wildman–Crippen MR) is 118 cm³/mol. The highest BCUT2D eigenvalue weighted by atomic mass is 19.1. The van der Waals surface area contributed by atoms with Gasteiger partial charge in [-0.25, -0.2) is 4.39 Å². The minimum atomic E-state index is -0.691. The number of halogens is 1. The zero-order valence-electron chi connectivity index (χ0n) is 16.7. The summed E-state index contributed by atoms with van der Waals surface area (Å²) in [7, 11) is 0. The summed E-state index contributed by atoms with van der Waals surface area (Å²) in [5.74, 6) is 0.197. The van der Waals surface area contributed by atoms with Crippen molar-refractivity contribution in [1.29, 1.82) is 5.26 Å². The molecule has 0 bridgehead atoms. The summed E-state index contributed by atoms with van der Waals surface area (Å²) in [4.78, 5) is 4.76. The van der Waals surface area contributed by atoms with Gasteiger partial charge in [-0.2, -0.15) is 5.26 Å². The lowest BCUT2D eigenvalue weighted by Crippen LogP contribution is -2.13. The molecule has 0 amide bonds. The van der Waals surface area contributed by atoms with E-state index in [4.69, 9.17) is 9.73 Å². The van der Waals surface area contributed by atoms with Crippen LogP contribution in [0.1, 0.15) is 23.1 Å². The van der Waals surface area contributed by atoms with Gasteiger partial charge in [0, 0.05) is 23.1 Å². The monoisotopic (exact) mass is 398 g/mol. The van der Waals surface area contributed by atoms with Crippen LogP contribution in [0.5, 0.6) is 5.75 Å². The molecular weight excluding hydrogens is 375 g/mol. The number of aliphatic imine (C=N–C) groups is 1. The third-order valence-corrected chi connectivity index (χ3v) is 4.54. The van der Waals surface area contributed by atoms with Crippen LogP contribution in [-0.2, 0) is 6.42 Å². The van der Waals surface area contributed by atoms with Gasteiger partial charge < -0.3 is 4.74 Å². The molecule has 150 valence electrons. The number of hydrogen-bond acceptors (Lipinski definition) is 3. The smallest absolute Gasteiger partial charge is 0.141 e. The first kappa shape index (κ1) is 21.0. The van der Waals surface area contributed by atoms with Gasteiger partial charge in [-0.3, -0.25) is 4.99 Å². The molecule has 0 radical (unpaired) electrons. The lowest BCUT2D eigenvalue weighted by Gasteiger charge is -2.14. The molecule has 0 aliphatic rings. The zero-order chi connectivity index (χ0) is 21.2. The molecule has 0 N–H and O–H groups in total. The fourth-order valence-electron chi connectivity index (χ4n) is 3.09. The fourth-order valence-corrected chi connectivity index (χ4v) is 3.09. The minimum Gasteiger partial charge on any atom is -0.493 e. The van der Waals surface area contributed by atoms with E-state index in [1.54, 1.807) is 12.1 Å². The Bertz CT molecular complexity index is 998. The summed E-state index contributed by atoms with van der Waals surface area (Å²) >= 11 is 0. The second-order valence-electron chi connectivity index (χ2n) is 6.74. The Kier molecular flexibility index (Phi) is 7.51. The summed E-state index contributed by atoms with van der Waals surface area (Å²) in [6.45, 7) is 4.13. The van der Waals surface area contributed by atoms with Crippen LogP contribution in [0.2, 0.25) is 0 Å². The van der Waals surface area contributed by atoms with Crippen molar-refractivity contribution < 1.29 is 9.13 Å². The highest BCUT2D eigenvalue weighted by Gasteiger charge is 2.15. The van der Waals surface area contributed by atoms with Crippen molar-refractivity contribution in [2.24, 2.45) is 4.99 Å². The van der Waals surface area contributed by atoms with Gasteiger partial charge in [-0.15, -0.1) is 6.58 Å². The highest BCUT2D eigenvalue weighted by molar-refractivity contribution is 6.13. The third kappa shape index (κ3) is 5.65. The Morgan fingerprint density at radius 1 is 1.03 bits per heavy atom. The number of nitrogens with zero attached hydrogens (tertiary/aromatic N) is 2. The summed E-state index contributed by atoms with van der Waals surface area (Å²) in [6.07, 6.45) is 2.70. The summed E-state index contributed by atoms with van der Waals surface area (Å²) in [6, 6.07) is 25.4. The van der Waals surface area contributed by atoms with Crippen molar-refractivity contribution in [3.63, 3.8) is 0 Å². The molecule has 1 atom stereocenters. The van der Waals surface area contributed by atoms with Gasteiger partial charge in [0.2, 0.25) is 0 Å². The third-order valence-electron chi connectivity index (χ3n) is 4.54. The van der Waals surface area contributed by atoms with Gasteiger partial charge in [-0.05, 0) is 24.6 Å². The van der Waals surface area contributed by atoms with Crippen LogP contribution in [0.15, 0.2) is 96.5 Å². The molecule has 0 heterocycles. The van der Waals surface area contributed by atoms with E-state index in [1.807, 2.05) is 60.7 Å². The normalized spacial score (nSPS) is 11.2. The van der Waals surface area contributed by atoms with Crippen LogP contribution in [0.25, 0.3) is 0 Å². The van der Waals surface area contributed by atoms with E-state index < -0.39 is 6.04 Å². The molecule has 0 aliphatic heterocycles. The van der Waals surface area contributed by atoms with Crippen LogP contribution in [-0.4, -0.2) is 18.4 Å². The molecule has 0 fully saturated rings. The fraction of sp³-hybridized carbons (Fsp3) is 0.154. The molecule has 0 aliphatic carbocycles. The topological polar surface area (TPSA) is 45.4 Å². The largest absolute Gasteiger partial charge is 0.493 e. The number of rotatable bonds is 9. The average Bonchev–Trinajstić information content (AvgIpc) is 2.79. The zero-order valence-corrected chi connectivity index (χ0v) is 16.7. The van der Waals surface area contributed by atoms with Crippen molar-refractivity contribution in [2.75, 3.05) is 6.61 Å². The standard InChI is InChI=1S/C26H23FN2O/c1-2-3-16-30-25-15-14-23(27)17-22(25)18-24(19-28)29-26(20-10-6-4-7-11-20)21-12-8-5-9-13-21/h2,4-15,17,24H,1,3,16,18H2. The summed E-state index contributed by atoms with van der Waals surface area (Å²) < 4.78 is 19.6. The molecule has 3 nitrogen and oxygen atoms in total. The molecular formula is C26H23FN2O. The molecule has 0 aromatic heterocycles. The first-order valence-corrected chi connectivity index (χ1v) is 9.81. The maximum Gasteiger partial charge on any atom is 0.141 e. The van der Waals surface area contributed by atoms with E-state index in [9.17, 15) is 9.65 Å². The van der Waals surface area contributed by atoms with Gasteiger partial charge >= 0.3 is 0 Å². The number of ether oxygens (including phenoxy) is 1. The van der Waals surface area contributed by atoms with E-state index >= 15 is 0 Å². The number of benzene rings is 3. The number of nitriles is 1. The van der Waals surface area contributed by atoms with E-state index in [0.717, 1.165) is 16.8 Å². The Labute approximate surface area is 176 Å². The van der Waals surface area contributed by atoms with Crippen LogP contribution >= 0.6 is 0 Å². The van der Waals surface area contributed by atoms with Crippen LogP contribution < -0.4 is 4.74 Å². The van der Waals surface area contributed by atoms with Crippen LogP contribution in [0, 0.1) is 17.1 Å². The molecule has 0 saturated carbocycles. The lowest BCUT2D eigenvalue weighted by atomic mass is 10.0. The summed E-state index contributed by atoms with van der Waals surface area (Å²) in [5, 5.41) is 9.80. The molecule has 1 unspecified atom stereocenters. The molecule has 3 aromatic rings. The quantitative estimate of drug-likeness (QED) is 0.262. The first-order chi connectivity index (χ1) is 14.7. The summed E-state index contributed by atoms with van der Waals surface area (Å²) in [5.41, 5.74) is 3.19. The van der Waals surface area contributed by atoms with Crippen molar-refractivity contribution in [3.8, 4) is 11.8 Å². The van der Waals surface area contributed by atoms with Crippen molar-refractivity contribution in [2.45, 2.75) is 18.9 Å². The Morgan fingerprint density at radius 3 is 2.23 bits per heavy atom. The van der Waals surface area contributed by atoms with Gasteiger partial charge in [0.15, 0.2) is 0 Å². The Balaban J connectivity index is 1.94. The predicted octanol–water partition coefficient (Wildman–Crippen LogP) is 5.75. The Morgan fingerprint density at radius 2 is 1.67 bits per heavy atom. The number of hydrogen-bond donors (Lipinski definition) is 0. The van der Waals surface area contributed by atoms with E-state index in [1.165, 1.54) is 12.1 Å². The molecule has 4 heteroatoms. The average molecular weight is 398 g/mol. The molecule has 3 aromatic carbocycles. The van der Waals surface area contributed by atoms with Gasteiger partial charge in [0.1, 0.15) is 17.6 Å². The maximum atomic E-state index is 13.9. The van der Waals surface area contributed by atoms with E-state index in [0.29, 0.717) is 24.3 Å². The van der Waals surface area contributed by atoms with E-state index in [-0.39, 0.29) is 12.2 Å². The molecule has 30 heavy (non-hydrogen) atoms. The molecule has 0 spiro atoms. The SMILES string of the molecule is C=CCCOc1ccc(F)cc1CC(C#N)N=C(c1ccccc1)c1ccccc1. The highest BCUT2D eigenvalue weighted by Crippen LogP contribution is 2.23. The van der Waals surface area contributed by atoms with Gasteiger partial charge in [-0.1, -0.05) is 66.7 Å². The van der Waals surface area contributed by atoms with Crippen LogP contribution in [0.4, 0.5) is 4.39 Å². The lowest BCUT2D eigenvalue weighted by molar-refractivity contribution is 0.320. The molecule has 3 rings (SSSR count). The maximum absolute atomic E-state index is 13.9.